The zero-order valence-electron chi connectivity index (χ0n) is 10.9. The standard InChI is InChI=1S/C13H23N3O/c1-4-7-15-8-10-16(11-9-15)12(17)5-6-13(2,3)14/h1H,5-11,14H2,2-3H3. The van der Waals surface area contributed by atoms with E-state index in [1.807, 2.05) is 18.7 Å². The molecule has 1 amide bonds. The van der Waals surface area contributed by atoms with Crippen LogP contribution in [0.3, 0.4) is 0 Å². The molecule has 0 saturated carbocycles. The maximum Gasteiger partial charge on any atom is 0.222 e. The number of hydrogen-bond donors (Lipinski definition) is 1. The van der Waals surface area contributed by atoms with Crippen LogP contribution in [0.25, 0.3) is 0 Å². The largest absolute Gasteiger partial charge is 0.340 e. The summed E-state index contributed by atoms with van der Waals surface area (Å²) in [6.45, 7) is 7.90. The highest BCUT2D eigenvalue weighted by Crippen LogP contribution is 2.10. The molecule has 4 nitrogen and oxygen atoms in total. The monoisotopic (exact) mass is 237 g/mol. The number of nitrogens with zero attached hydrogens (tertiary/aromatic N) is 2. The van der Waals surface area contributed by atoms with Crippen molar-refractivity contribution in [2.45, 2.75) is 32.2 Å². The summed E-state index contributed by atoms with van der Waals surface area (Å²) in [4.78, 5) is 16.0. The van der Waals surface area contributed by atoms with Crippen molar-refractivity contribution in [2.75, 3.05) is 32.7 Å². The second-order valence-electron chi connectivity index (χ2n) is 5.35. The first-order valence-corrected chi connectivity index (χ1v) is 6.15. The first-order valence-electron chi connectivity index (χ1n) is 6.15. The zero-order valence-corrected chi connectivity index (χ0v) is 10.9. The van der Waals surface area contributed by atoms with Gasteiger partial charge in [0.1, 0.15) is 0 Å². The van der Waals surface area contributed by atoms with Gasteiger partial charge in [-0.05, 0) is 20.3 Å². The Kier molecular flexibility index (Phi) is 4.98. The SMILES string of the molecule is C#CCN1CCN(C(=O)CCC(C)(C)N)CC1. The predicted molar refractivity (Wildman–Crippen MR) is 69.4 cm³/mol. The summed E-state index contributed by atoms with van der Waals surface area (Å²) in [6, 6.07) is 0. The van der Waals surface area contributed by atoms with Crippen molar-refractivity contribution in [1.29, 1.82) is 0 Å². The third-order valence-corrected chi connectivity index (χ3v) is 3.02. The highest BCUT2D eigenvalue weighted by atomic mass is 16.2. The van der Waals surface area contributed by atoms with Crippen LogP contribution in [-0.4, -0.2) is 54.0 Å². The van der Waals surface area contributed by atoms with Gasteiger partial charge in [0.25, 0.3) is 0 Å². The highest BCUT2D eigenvalue weighted by molar-refractivity contribution is 5.76. The first kappa shape index (κ1) is 14.0. The number of terminal acetylenes is 1. The minimum Gasteiger partial charge on any atom is -0.340 e. The van der Waals surface area contributed by atoms with Gasteiger partial charge in [-0.1, -0.05) is 5.92 Å². The van der Waals surface area contributed by atoms with Crippen molar-refractivity contribution in [3.8, 4) is 12.3 Å². The molecule has 0 unspecified atom stereocenters. The molecule has 0 spiro atoms. The molecule has 0 aromatic rings. The number of carbonyl (C=O) groups is 1. The second kappa shape index (κ2) is 6.04. The minimum atomic E-state index is -0.263. The lowest BCUT2D eigenvalue weighted by molar-refractivity contribution is -0.133. The van der Waals surface area contributed by atoms with Crippen molar-refractivity contribution >= 4 is 5.91 Å². The van der Waals surface area contributed by atoms with Crippen LogP contribution in [-0.2, 0) is 4.79 Å². The summed E-state index contributed by atoms with van der Waals surface area (Å²) < 4.78 is 0. The lowest BCUT2D eigenvalue weighted by Crippen LogP contribution is -2.49. The molecular weight excluding hydrogens is 214 g/mol. The Labute approximate surface area is 104 Å². The van der Waals surface area contributed by atoms with Crippen LogP contribution in [0.15, 0.2) is 0 Å². The van der Waals surface area contributed by atoms with Gasteiger partial charge in [0.05, 0.1) is 6.54 Å². The Morgan fingerprint density at radius 3 is 2.41 bits per heavy atom. The second-order valence-corrected chi connectivity index (χ2v) is 5.35. The number of piperazine rings is 1. The van der Waals surface area contributed by atoms with E-state index >= 15 is 0 Å². The van der Waals surface area contributed by atoms with Gasteiger partial charge in [-0.25, -0.2) is 0 Å². The average Bonchev–Trinajstić information content (AvgIpc) is 2.26. The molecule has 1 aliphatic heterocycles. The fraction of sp³-hybridized carbons (Fsp3) is 0.769. The van der Waals surface area contributed by atoms with Crippen LogP contribution in [0.5, 0.6) is 0 Å². The molecule has 4 heteroatoms. The Morgan fingerprint density at radius 2 is 1.94 bits per heavy atom. The van der Waals surface area contributed by atoms with Gasteiger partial charge in [0, 0.05) is 38.1 Å². The fourth-order valence-corrected chi connectivity index (χ4v) is 1.87. The predicted octanol–water partition coefficient (Wildman–Crippen LogP) is 0.281. The van der Waals surface area contributed by atoms with E-state index in [0.717, 1.165) is 32.6 Å². The topological polar surface area (TPSA) is 49.6 Å². The smallest absolute Gasteiger partial charge is 0.222 e. The van der Waals surface area contributed by atoms with Crippen LogP contribution in [0.1, 0.15) is 26.7 Å². The molecule has 96 valence electrons. The molecule has 0 aromatic heterocycles. The van der Waals surface area contributed by atoms with Crippen molar-refractivity contribution in [2.24, 2.45) is 5.73 Å². The Hall–Kier alpha value is -1.05. The third-order valence-electron chi connectivity index (χ3n) is 3.02. The number of nitrogens with two attached hydrogens (primary N) is 1. The van der Waals surface area contributed by atoms with Crippen LogP contribution in [0.4, 0.5) is 0 Å². The van der Waals surface area contributed by atoms with E-state index in [9.17, 15) is 4.79 Å². The first-order chi connectivity index (χ1) is 7.92. The Balaban J connectivity index is 2.29. The molecule has 1 heterocycles. The van der Waals surface area contributed by atoms with Crippen molar-refractivity contribution in [1.82, 2.24) is 9.80 Å². The van der Waals surface area contributed by atoms with E-state index in [1.54, 1.807) is 0 Å². The number of amides is 1. The molecule has 1 rings (SSSR count). The van der Waals surface area contributed by atoms with Gasteiger partial charge in [-0.3, -0.25) is 9.69 Å². The van der Waals surface area contributed by atoms with Crippen molar-refractivity contribution in [3.63, 3.8) is 0 Å². The van der Waals surface area contributed by atoms with Gasteiger partial charge in [0.15, 0.2) is 0 Å². The van der Waals surface area contributed by atoms with Gasteiger partial charge in [-0.15, -0.1) is 6.42 Å². The van der Waals surface area contributed by atoms with Gasteiger partial charge in [-0.2, -0.15) is 0 Å². The normalized spacial score (nSPS) is 17.9. The Bertz CT molecular complexity index is 293. The molecule has 1 aliphatic rings. The van der Waals surface area contributed by atoms with Gasteiger partial charge < -0.3 is 10.6 Å². The quantitative estimate of drug-likeness (QED) is 0.715. The van der Waals surface area contributed by atoms with Gasteiger partial charge in [0.2, 0.25) is 5.91 Å². The van der Waals surface area contributed by atoms with Gasteiger partial charge >= 0.3 is 0 Å². The van der Waals surface area contributed by atoms with E-state index in [2.05, 4.69) is 10.8 Å². The molecule has 0 bridgehead atoms. The van der Waals surface area contributed by atoms with E-state index in [1.165, 1.54) is 0 Å². The fourth-order valence-electron chi connectivity index (χ4n) is 1.87. The summed E-state index contributed by atoms with van der Waals surface area (Å²) in [5.74, 6) is 2.84. The van der Waals surface area contributed by atoms with Crippen LogP contribution in [0, 0.1) is 12.3 Å². The van der Waals surface area contributed by atoms with Crippen molar-refractivity contribution < 1.29 is 4.79 Å². The molecule has 2 N–H and O–H groups in total. The number of carbonyl (C=O) groups excluding carboxylic acids is 1. The molecule has 1 saturated heterocycles. The molecule has 0 aromatic carbocycles. The molecule has 0 atom stereocenters. The lowest BCUT2D eigenvalue weighted by Gasteiger charge is -2.34. The average molecular weight is 237 g/mol. The van der Waals surface area contributed by atoms with E-state index < -0.39 is 0 Å². The van der Waals surface area contributed by atoms with E-state index in [4.69, 9.17) is 12.2 Å². The van der Waals surface area contributed by atoms with Crippen LogP contribution in [0.2, 0.25) is 0 Å². The summed E-state index contributed by atoms with van der Waals surface area (Å²) >= 11 is 0. The van der Waals surface area contributed by atoms with E-state index in [0.29, 0.717) is 13.0 Å². The number of rotatable bonds is 4. The third kappa shape index (κ3) is 5.20. The highest BCUT2D eigenvalue weighted by Gasteiger charge is 2.21. The molecule has 17 heavy (non-hydrogen) atoms. The summed E-state index contributed by atoms with van der Waals surface area (Å²) in [6.07, 6.45) is 6.54. The Morgan fingerprint density at radius 1 is 1.35 bits per heavy atom. The molecule has 0 radical (unpaired) electrons. The molecule has 1 fully saturated rings. The maximum atomic E-state index is 11.9. The molecule has 0 aliphatic carbocycles. The maximum absolute atomic E-state index is 11.9. The summed E-state index contributed by atoms with van der Waals surface area (Å²) in [7, 11) is 0. The number of hydrogen-bond acceptors (Lipinski definition) is 3. The molecular formula is C13H23N3O. The van der Waals surface area contributed by atoms with Crippen molar-refractivity contribution in [3.05, 3.63) is 0 Å². The minimum absolute atomic E-state index is 0.212. The lowest BCUT2D eigenvalue weighted by atomic mass is 9.99. The van der Waals surface area contributed by atoms with Crippen LogP contribution >= 0.6 is 0 Å². The van der Waals surface area contributed by atoms with E-state index in [-0.39, 0.29) is 11.4 Å². The zero-order chi connectivity index (χ0) is 12.9. The summed E-state index contributed by atoms with van der Waals surface area (Å²) in [5, 5.41) is 0. The van der Waals surface area contributed by atoms with Crippen LogP contribution < -0.4 is 5.73 Å². The summed E-state index contributed by atoms with van der Waals surface area (Å²) in [5.41, 5.74) is 5.61.